The third kappa shape index (κ3) is 2.65. The Morgan fingerprint density at radius 2 is 2.00 bits per heavy atom. The van der Waals surface area contributed by atoms with Gasteiger partial charge in [0.15, 0.2) is 0 Å². The van der Waals surface area contributed by atoms with Gasteiger partial charge in [-0.15, -0.1) is 0 Å². The second-order valence-electron chi connectivity index (χ2n) is 5.67. The Hall–Kier alpha value is -1.56. The highest BCUT2D eigenvalue weighted by atomic mass is 16.2. The van der Waals surface area contributed by atoms with Crippen LogP contribution in [0.4, 0.5) is 5.69 Å². The summed E-state index contributed by atoms with van der Waals surface area (Å²) in [4.78, 5) is 16.7. The van der Waals surface area contributed by atoms with Crippen LogP contribution >= 0.6 is 0 Å². The normalized spacial score (nSPS) is 16.9. The van der Waals surface area contributed by atoms with Gasteiger partial charge in [-0.1, -0.05) is 6.92 Å². The number of hydrogen-bond donors (Lipinski definition) is 1. The lowest BCUT2D eigenvalue weighted by Crippen LogP contribution is -2.45. The van der Waals surface area contributed by atoms with E-state index in [0.717, 1.165) is 38.0 Å². The van der Waals surface area contributed by atoms with E-state index in [4.69, 9.17) is 5.73 Å². The van der Waals surface area contributed by atoms with Gasteiger partial charge in [-0.3, -0.25) is 9.48 Å². The molecule has 20 heavy (non-hydrogen) atoms. The van der Waals surface area contributed by atoms with Crippen molar-refractivity contribution in [1.82, 2.24) is 19.6 Å². The summed E-state index contributed by atoms with van der Waals surface area (Å²) in [6.45, 7) is 3.57. The lowest BCUT2D eigenvalue weighted by atomic mass is 10.0. The summed E-state index contributed by atoms with van der Waals surface area (Å²) in [5, 5.41) is 4.32. The van der Waals surface area contributed by atoms with Crippen molar-refractivity contribution in [3.63, 3.8) is 0 Å². The molecule has 1 aliphatic heterocycles. The van der Waals surface area contributed by atoms with Gasteiger partial charge in [0, 0.05) is 26.2 Å². The van der Waals surface area contributed by atoms with Crippen molar-refractivity contribution in [3.8, 4) is 0 Å². The minimum atomic E-state index is 0.00871. The number of nitrogens with two attached hydrogens (primary N) is 1. The molecule has 2 rings (SSSR count). The van der Waals surface area contributed by atoms with Crippen molar-refractivity contribution in [1.29, 1.82) is 0 Å². The van der Waals surface area contributed by atoms with Crippen molar-refractivity contribution < 1.29 is 4.79 Å². The number of hydrogen-bond acceptors (Lipinski definition) is 4. The van der Waals surface area contributed by atoms with Crippen molar-refractivity contribution in [3.05, 3.63) is 11.4 Å². The number of amides is 1. The average molecular weight is 279 g/mol. The molecule has 1 fully saturated rings. The number of aromatic nitrogens is 2. The van der Waals surface area contributed by atoms with Gasteiger partial charge in [0.25, 0.3) is 5.91 Å². The molecule has 0 aliphatic carbocycles. The van der Waals surface area contributed by atoms with Crippen molar-refractivity contribution in [2.45, 2.75) is 32.2 Å². The highest BCUT2D eigenvalue weighted by molar-refractivity contribution is 5.98. The second kappa shape index (κ2) is 5.83. The average Bonchev–Trinajstić information content (AvgIpc) is 2.72. The molecule has 1 aromatic heterocycles. The number of nitrogens with zero attached hydrogens (tertiary/aromatic N) is 4. The molecule has 0 unspecified atom stereocenters. The fourth-order valence-electron chi connectivity index (χ4n) is 2.85. The number of piperidine rings is 1. The second-order valence-corrected chi connectivity index (χ2v) is 5.67. The van der Waals surface area contributed by atoms with Gasteiger partial charge >= 0.3 is 0 Å². The SMILES string of the molecule is CCc1nn(C)c(C(=O)N2CCC(N(C)C)CC2)c1N. The van der Waals surface area contributed by atoms with Gasteiger partial charge in [0.1, 0.15) is 5.69 Å². The number of carbonyl (C=O) groups is 1. The smallest absolute Gasteiger partial charge is 0.274 e. The van der Waals surface area contributed by atoms with Crippen LogP contribution in [0.3, 0.4) is 0 Å². The van der Waals surface area contributed by atoms with Crippen LogP contribution in [0.25, 0.3) is 0 Å². The van der Waals surface area contributed by atoms with Crippen LogP contribution in [-0.4, -0.2) is 58.7 Å². The Morgan fingerprint density at radius 1 is 1.40 bits per heavy atom. The molecular weight excluding hydrogens is 254 g/mol. The maximum Gasteiger partial charge on any atom is 0.274 e. The number of aryl methyl sites for hydroxylation is 2. The zero-order valence-corrected chi connectivity index (χ0v) is 12.9. The minimum absolute atomic E-state index is 0.00871. The van der Waals surface area contributed by atoms with E-state index in [1.54, 1.807) is 11.7 Å². The maximum atomic E-state index is 12.6. The summed E-state index contributed by atoms with van der Waals surface area (Å²) >= 11 is 0. The van der Waals surface area contributed by atoms with Crippen LogP contribution in [0, 0.1) is 0 Å². The molecule has 1 aliphatic rings. The Labute approximate surface area is 120 Å². The molecule has 2 N–H and O–H groups in total. The molecule has 112 valence electrons. The summed E-state index contributed by atoms with van der Waals surface area (Å²) in [7, 11) is 5.97. The summed E-state index contributed by atoms with van der Waals surface area (Å²) in [5.41, 5.74) is 7.93. The number of carbonyl (C=O) groups excluding carboxylic acids is 1. The fourth-order valence-corrected chi connectivity index (χ4v) is 2.85. The number of anilines is 1. The molecule has 0 radical (unpaired) electrons. The van der Waals surface area contributed by atoms with E-state index in [2.05, 4.69) is 24.1 Å². The van der Waals surface area contributed by atoms with E-state index in [-0.39, 0.29) is 5.91 Å². The van der Waals surface area contributed by atoms with Gasteiger partial charge in [-0.25, -0.2) is 0 Å². The van der Waals surface area contributed by atoms with E-state index in [1.165, 1.54) is 0 Å². The molecule has 6 heteroatoms. The Morgan fingerprint density at radius 3 is 2.45 bits per heavy atom. The molecule has 0 aromatic carbocycles. The lowest BCUT2D eigenvalue weighted by Gasteiger charge is -2.35. The Bertz CT molecular complexity index is 486. The highest BCUT2D eigenvalue weighted by Crippen LogP contribution is 2.22. The Balaban J connectivity index is 2.11. The van der Waals surface area contributed by atoms with Gasteiger partial charge in [0.2, 0.25) is 0 Å². The van der Waals surface area contributed by atoms with E-state index in [9.17, 15) is 4.79 Å². The molecule has 1 aromatic rings. The first-order valence-electron chi connectivity index (χ1n) is 7.22. The zero-order chi connectivity index (χ0) is 14.9. The third-order valence-electron chi connectivity index (χ3n) is 4.18. The summed E-state index contributed by atoms with van der Waals surface area (Å²) in [6.07, 6.45) is 2.77. The monoisotopic (exact) mass is 279 g/mol. The van der Waals surface area contributed by atoms with Crippen LogP contribution in [0.5, 0.6) is 0 Å². The van der Waals surface area contributed by atoms with Gasteiger partial charge in [-0.2, -0.15) is 5.10 Å². The predicted molar refractivity (Wildman–Crippen MR) is 79.6 cm³/mol. The molecule has 2 heterocycles. The molecule has 0 spiro atoms. The third-order valence-corrected chi connectivity index (χ3v) is 4.18. The highest BCUT2D eigenvalue weighted by Gasteiger charge is 2.28. The van der Waals surface area contributed by atoms with E-state index in [0.29, 0.717) is 17.4 Å². The van der Waals surface area contributed by atoms with Crippen molar-refractivity contribution in [2.24, 2.45) is 7.05 Å². The maximum absolute atomic E-state index is 12.6. The molecule has 0 atom stereocenters. The summed E-state index contributed by atoms with van der Waals surface area (Å²) in [5.74, 6) is 0.00871. The minimum Gasteiger partial charge on any atom is -0.395 e. The van der Waals surface area contributed by atoms with Gasteiger partial charge in [0.05, 0.1) is 11.4 Å². The molecule has 0 bridgehead atoms. The first-order chi connectivity index (χ1) is 9.45. The van der Waals surface area contributed by atoms with Crippen LogP contribution < -0.4 is 5.73 Å². The van der Waals surface area contributed by atoms with Crippen LogP contribution in [-0.2, 0) is 13.5 Å². The molecule has 1 amide bonds. The van der Waals surface area contributed by atoms with Crippen molar-refractivity contribution >= 4 is 11.6 Å². The molecular formula is C14H25N5O. The quantitative estimate of drug-likeness (QED) is 0.886. The Kier molecular flexibility index (Phi) is 4.32. The summed E-state index contributed by atoms with van der Waals surface area (Å²) < 4.78 is 1.62. The topological polar surface area (TPSA) is 67.4 Å². The van der Waals surface area contributed by atoms with Crippen LogP contribution in [0.15, 0.2) is 0 Å². The first kappa shape index (κ1) is 14.8. The van der Waals surface area contributed by atoms with E-state index >= 15 is 0 Å². The van der Waals surface area contributed by atoms with Crippen LogP contribution in [0.1, 0.15) is 35.9 Å². The standard InChI is InChI=1S/C14H25N5O/c1-5-11-12(15)13(18(4)16-11)14(20)19-8-6-10(7-9-19)17(2)3/h10H,5-9,15H2,1-4H3. The molecule has 1 saturated heterocycles. The van der Waals surface area contributed by atoms with Crippen LogP contribution in [0.2, 0.25) is 0 Å². The van der Waals surface area contributed by atoms with Crippen molar-refractivity contribution in [2.75, 3.05) is 32.9 Å². The van der Waals surface area contributed by atoms with E-state index < -0.39 is 0 Å². The lowest BCUT2D eigenvalue weighted by molar-refractivity contribution is 0.0653. The molecule has 0 saturated carbocycles. The number of likely N-dealkylation sites (tertiary alicyclic amines) is 1. The number of nitrogen functional groups attached to an aromatic ring is 1. The first-order valence-corrected chi connectivity index (χ1v) is 7.22. The number of rotatable bonds is 3. The molecule has 6 nitrogen and oxygen atoms in total. The van der Waals surface area contributed by atoms with Gasteiger partial charge < -0.3 is 15.5 Å². The zero-order valence-electron chi connectivity index (χ0n) is 12.9. The predicted octanol–water partition coefficient (Wildman–Crippen LogP) is 0.731. The van der Waals surface area contributed by atoms with E-state index in [1.807, 2.05) is 11.8 Å². The summed E-state index contributed by atoms with van der Waals surface area (Å²) in [6, 6.07) is 0.564. The van der Waals surface area contributed by atoms with Gasteiger partial charge in [-0.05, 0) is 33.4 Å². The fraction of sp³-hybridized carbons (Fsp3) is 0.714. The largest absolute Gasteiger partial charge is 0.395 e.